The molecule has 0 amide bonds. The summed E-state index contributed by atoms with van der Waals surface area (Å²) in [6.45, 7) is 0.565. The van der Waals surface area contributed by atoms with Crippen molar-refractivity contribution in [1.82, 2.24) is 8.61 Å². The lowest BCUT2D eigenvalue weighted by atomic mass is 9.89. The van der Waals surface area contributed by atoms with Crippen LogP contribution in [0.4, 0.5) is 0 Å². The maximum Gasteiger partial charge on any atom is 0.308 e. The van der Waals surface area contributed by atoms with E-state index in [4.69, 9.17) is 0 Å². The van der Waals surface area contributed by atoms with E-state index in [1.807, 2.05) is 0 Å². The number of carboxylic acid groups (broad SMARTS) is 1. The molecule has 3 rings (SSSR count). The first-order valence-electron chi connectivity index (χ1n) is 6.89. The van der Waals surface area contributed by atoms with Crippen LogP contribution in [-0.2, 0) is 15.0 Å². The predicted octanol–water partition coefficient (Wildman–Crippen LogP) is 0.510. The van der Waals surface area contributed by atoms with Gasteiger partial charge in [-0.05, 0) is 38.0 Å². The van der Waals surface area contributed by atoms with Crippen LogP contribution in [0.5, 0.6) is 0 Å². The molecule has 2 bridgehead atoms. The maximum atomic E-state index is 12.6. The van der Waals surface area contributed by atoms with Gasteiger partial charge in [-0.1, -0.05) is 0 Å². The molecule has 1 N–H and O–H groups in total. The average Bonchev–Trinajstić information content (AvgIpc) is 2.95. The molecule has 3 aliphatic rings. The molecule has 2 aliphatic heterocycles. The van der Waals surface area contributed by atoms with E-state index < -0.39 is 22.1 Å². The number of carbonyl (C=O) groups is 1. The van der Waals surface area contributed by atoms with Gasteiger partial charge in [0, 0.05) is 25.7 Å². The fourth-order valence-electron chi connectivity index (χ4n) is 3.48. The number of aliphatic carboxylic acids is 1. The molecular formula is C12H20N2O4S. The second-order valence-corrected chi connectivity index (χ2v) is 7.98. The molecule has 0 aromatic heterocycles. The summed E-state index contributed by atoms with van der Waals surface area (Å²) in [6, 6.07) is -0.452. The highest BCUT2D eigenvalue weighted by Crippen LogP contribution is 2.44. The fourth-order valence-corrected chi connectivity index (χ4v) is 5.37. The minimum absolute atomic E-state index is 0.113. The number of rotatable bonds is 5. The standard InChI is InChI=1S/C12H20N2O4S/c1-13(7-8-2-3-8)19(17,18)14-9-4-5-11(14)10(6-9)12(15)16/h8-11H,2-7H2,1H3,(H,15,16). The van der Waals surface area contributed by atoms with Crippen LogP contribution in [-0.4, -0.2) is 53.8 Å². The SMILES string of the molecule is CN(CC1CC1)S(=O)(=O)N1C2CCC1C(C(=O)O)C2. The summed E-state index contributed by atoms with van der Waals surface area (Å²) < 4.78 is 28.1. The lowest BCUT2D eigenvalue weighted by molar-refractivity contribution is -0.142. The van der Waals surface area contributed by atoms with Crippen molar-refractivity contribution in [3.63, 3.8) is 0 Å². The number of hydrogen-bond acceptors (Lipinski definition) is 3. The lowest BCUT2D eigenvalue weighted by Crippen LogP contribution is -2.46. The summed E-state index contributed by atoms with van der Waals surface area (Å²) in [5, 5.41) is 9.18. The molecule has 0 aromatic rings. The molecule has 3 fully saturated rings. The molecule has 0 radical (unpaired) electrons. The Morgan fingerprint density at radius 2 is 2.00 bits per heavy atom. The zero-order chi connectivity index (χ0) is 13.8. The van der Waals surface area contributed by atoms with Gasteiger partial charge in [0.15, 0.2) is 0 Å². The number of carboxylic acids is 1. The Labute approximate surface area is 113 Å². The molecule has 3 unspecified atom stereocenters. The van der Waals surface area contributed by atoms with Crippen LogP contribution >= 0.6 is 0 Å². The first-order valence-corrected chi connectivity index (χ1v) is 8.28. The van der Waals surface area contributed by atoms with E-state index in [-0.39, 0.29) is 12.1 Å². The molecule has 6 nitrogen and oxygen atoms in total. The third kappa shape index (κ3) is 2.17. The Morgan fingerprint density at radius 1 is 1.32 bits per heavy atom. The first kappa shape index (κ1) is 13.3. The normalized spacial score (nSPS) is 35.2. The molecule has 2 heterocycles. The van der Waals surface area contributed by atoms with Gasteiger partial charge >= 0.3 is 5.97 Å². The van der Waals surface area contributed by atoms with Crippen LogP contribution in [0, 0.1) is 11.8 Å². The van der Waals surface area contributed by atoms with E-state index in [1.165, 1.54) is 8.61 Å². The second kappa shape index (κ2) is 4.43. The molecule has 1 saturated carbocycles. The number of hydrogen-bond donors (Lipinski definition) is 1. The Balaban J connectivity index is 1.79. The second-order valence-electron chi connectivity index (χ2n) is 6.04. The topological polar surface area (TPSA) is 77.9 Å². The average molecular weight is 288 g/mol. The van der Waals surface area contributed by atoms with Gasteiger partial charge in [0.1, 0.15) is 0 Å². The summed E-state index contributed by atoms with van der Waals surface area (Å²) in [4.78, 5) is 11.2. The van der Waals surface area contributed by atoms with Gasteiger partial charge in [0.25, 0.3) is 10.2 Å². The third-order valence-electron chi connectivity index (χ3n) is 4.66. The van der Waals surface area contributed by atoms with Crippen molar-refractivity contribution in [2.24, 2.45) is 11.8 Å². The predicted molar refractivity (Wildman–Crippen MR) is 68.7 cm³/mol. The maximum absolute atomic E-state index is 12.6. The zero-order valence-electron chi connectivity index (χ0n) is 11.0. The van der Waals surface area contributed by atoms with E-state index in [0.717, 1.165) is 19.3 Å². The van der Waals surface area contributed by atoms with Gasteiger partial charge in [-0.3, -0.25) is 4.79 Å². The Morgan fingerprint density at radius 3 is 2.53 bits per heavy atom. The highest BCUT2D eigenvalue weighted by Gasteiger charge is 2.55. The summed E-state index contributed by atoms with van der Waals surface area (Å²) in [7, 11) is -1.88. The number of nitrogens with zero attached hydrogens (tertiary/aromatic N) is 2. The van der Waals surface area contributed by atoms with Crippen molar-refractivity contribution in [1.29, 1.82) is 0 Å². The van der Waals surface area contributed by atoms with Gasteiger partial charge in [0.05, 0.1) is 5.92 Å². The van der Waals surface area contributed by atoms with Gasteiger partial charge in [-0.25, -0.2) is 0 Å². The molecule has 2 saturated heterocycles. The van der Waals surface area contributed by atoms with Crippen LogP contribution in [0.2, 0.25) is 0 Å². The van der Waals surface area contributed by atoms with Crippen molar-refractivity contribution in [3.05, 3.63) is 0 Å². The van der Waals surface area contributed by atoms with Gasteiger partial charge in [0.2, 0.25) is 0 Å². The largest absolute Gasteiger partial charge is 0.481 e. The van der Waals surface area contributed by atoms with Gasteiger partial charge in [-0.2, -0.15) is 17.0 Å². The Hall–Kier alpha value is -0.660. The minimum Gasteiger partial charge on any atom is -0.481 e. The highest BCUT2D eigenvalue weighted by molar-refractivity contribution is 7.86. The highest BCUT2D eigenvalue weighted by atomic mass is 32.2. The molecule has 3 atom stereocenters. The summed E-state index contributed by atoms with van der Waals surface area (Å²) in [5.74, 6) is -0.893. The van der Waals surface area contributed by atoms with Crippen LogP contribution < -0.4 is 0 Å². The molecule has 0 aromatic carbocycles. The quantitative estimate of drug-likeness (QED) is 0.799. The summed E-state index contributed by atoms with van der Waals surface area (Å²) in [5.41, 5.74) is 0. The van der Waals surface area contributed by atoms with Crippen LogP contribution in [0.25, 0.3) is 0 Å². The van der Waals surface area contributed by atoms with Crippen LogP contribution in [0.1, 0.15) is 32.1 Å². The Bertz CT molecular complexity index is 488. The molecule has 19 heavy (non-hydrogen) atoms. The van der Waals surface area contributed by atoms with Gasteiger partial charge < -0.3 is 5.11 Å². The minimum atomic E-state index is -3.49. The first-order chi connectivity index (χ1) is 8.91. The lowest BCUT2D eigenvalue weighted by Gasteiger charge is -2.28. The Kier molecular flexibility index (Phi) is 3.11. The van der Waals surface area contributed by atoms with Crippen molar-refractivity contribution in [3.8, 4) is 0 Å². The monoisotopic (exact) mass is 288 g/mol. The number of fused-ring (bicyclic) bond motifs is 2. The van der Waals surface area contributed by atoms with Gasteiger partial charge in [-0.15, -0.1) is 0 Å². The molecule has 1 aliphatic carbocycles. The van der Waals surface area contributed by atoms with Crippen molar-refractivity contribution >= 4 is 16.2 Å². The van der Waals surface area contributed by atoms with E-state index in [1.54, 1.807) is 7.05 Å². The van der Waals surface area contributed by atoms with E-state index in [9.17, 15) is 18.3 Å². The van der Waals surface area contributed by atoms with Crippen molar-refractivity contribution in [2.45, 2.75) is 44.2 Å². The van der Waals surface area contributed by atoms with Crippen LogP contribution in [0.15, 0.2) is 0 Å². The molecule has 108 valence electrons. The van der Waals surface area contributed by atoms with Crippen molar-refractivity contribution < 1.29 is 18.3 Å². The van der Waals surface area contributed by atoms with E-state index >= 15 is 0 Å². The summed E-state index contributed by atoms with van der Waals surface area (Å²) in [6.07, 6.45) is 4.15. The smallest absolute Gasteiger partial charge is 0.308 e. The molecule has 0 spiro atoms. The molecular weight excluding hydrogens is 268 g/mol. The van der Waals surface area contributed by atoms with E-state index in [0.29, 0.717) is 25.3 Å². The molecule has 7 heteroatoms. The zero-order valence-corrected chi connectivity index (χ0v) is 11.8. The fraction of sp³-hybridized carbons (Fsp3) is 0.917. The van der Waals surface area contributed by atoms with Crippen LogP contribution in [0.3, 0.4) is 0 Å². The van der Waals surface area contributed by atoms with Crippen molar-refractivity contribution in [2.75, 3.05) is 13.6 Å². The third-order valence-corrected chi connectivity index (χ3v) is 6.70. The summed E-state index contributed by atoms with van der Waals surface area (Å²) >= 11 is 0. The van der Waals surface area contributed by atoms with E-state index in [2.05, 4.69) is 0 Å².